The third kappa shape index (κ3) is 5.69. The van der Waals surface area contributed by atoms with Crippen LogP contribution in [0.5, 0.6) is 5.75 Å². The SMILES string of the molecule is C[C@H]1CCCN(CCCNC(=O)c2ccc3c(c2)NC(=O)/C(=C/c2ccc(Cl)cc2)O3)C1. The molecule has 4 rings (SSSR count). The molecule has 0 aliphatic carbocycles. The van der Waals surface area contributed by atoms with Crippen LogP contribution in [-0.4, -0.2) is 42.9 Å². The summed E-state index contributed by atoms with van der Waals surface area (Å²) in [5.41, 5.74) is 1.78. The van der Waals surface area contributed by atoms with Gasteiger partial charge in [0.05, 0.1) is 5.69 Å². The van der Waals surface area contributed by atoms with Crippen LogP contribution in [-0.2, 0) is 4.79 Å². The Morgan fingerprint density at radius 2 is 2.09 bits per heavy atom. The molecule has 0 aromatic heterocycles. The Kier molecular flexibility index (Phi) is 7.12. The number of benzene rings is 2. The fourth-order valence-corrected chi connectivity index (χ4v) is 4.23. The van der Waals surface area contributed by atoms with Crippen LogP contribution in [0, 0.1) is 5.92 Å². The lowest BCUT2D eigenvalue weighted by atomic mass is 10.0. The molecule has 0 unspecified atom stereocenters. The van der Waals surface area contributed by atoms with E-state index in [0.29, 0.717) is 28.6 Å². The van der Waals surface area contributed by atoms with Gasteiger partial charge >= 0.3 is 0 Å². The van der Waals surface area contributed by atoms with Gasteiger partial charge in [-0.05, 0) is 80.2 Å². The zero-order chi connectivity index (χ0) is 22.5. The summed E-state index contributed by atoms with van der Waals surface area (Å²) in [5.74, 6) is 0.926. The van der Waals surface area contributed by atoms with Crippen LogP contribution in [0.25, 0.3) is 6.08 Å². The van der Waals surface area contributed by atoms with Gasteiger partial charge in [0.15, 0.2) is 11.5 Å². The number of amides is 2. The van der Waals surface area contributed by atoms with E-state index >= 15 is 0 Å². The lowest BCUT2D eigenvalue weighted by Gasteiger charge is -2.30. The maximum absolute atomic E-state index is 12.5. The van der Waals surface area contributed by atoms with Gasteiger partial charge in [-0.2, -0.15) is 0 Å². The van der Waals surface area contributed by atoms with Crippen LogP contribution in [0.15, 0.2) is 48.2 Å². The van der Waals surface area contributed by atoms with Gasteiger partial charge in [0.1, 0.15) is 0 Å². The Hall–Kier alpha value is -2.83. The molecule has 1 saturated heterocycles. The van der Waals surface area contributed by atoms with E-state index in [2.05, 4.69) is 22.5 Å². The van der Waals surface area contributed by atoms with E-state index in [1.807, 2.05) is 0 Å². The highest BCUT2D eigenvalue weighted by Gasteiger charge is 2.23. The molecule has 0 bridgehead atoms. The quantitative estimate of drug-likeness (QED) is 0.496. The first-order valence-electron chi connectivity index (χ1n) is 11.1. The first kappa shape index (κ1) is 22.4. The number of hydrogen-bond donors (Lipinski definition) is 2. The van der Waals surface area contributed by atoms with Crippen LogP contribution in [0.4, 0.5) is 5.69 Å². The second kappa shape index (κ2) is 10.2. The second-order valence-electron chi connectivity index (χ2n) is 8.48. The standard InChI is InChI=1S/C25H28ClN3O3/c1-17-4-2-12-29(16-17)13-3-11-27-24(30)19-7-10-22-21(15-19)28-25(31)23(32-22)14-18-5-8-20(26)9-6-18/h5-10,14-15,17H,2-4,11-13,16H2,1H3,(H,27,30)(H,28,31)/b23-14-/t17-/m0/s1. The highest BCUT2D eigenvalue weighted by molar-refractivity contribution is 6.30. The van der Waals surface area contributed by atoms with E-state index in [9.17, 15) is 9.59 Å². The number of anilines is 1. The molecule has 0 spiro atoms. The lowest BCUT2D eigenvalue weighted by Crippen LogP contribution is -2.36. The molecular weight excluding hydrogens is 426 g/mol. The first-order chi connectivity index (χ1) is 15.5. The van der Waals surface area contributed by atoms with E-state index in [0.717, 1.165) is 37.5 Å². The van der Waals surface area contributed by atoms with Crippen LogP contribution in [0.2, 0.25) is 5.02 Å². The van der Waals surface area contributed by atoms with Gasteiger partial charge in [-0.15, -0.1) is 0 Å². The summed E-state index contributed by atoms with van der Waals surface area (Å²) in [6, 6.07) is 12.2. The smallest absolute Gasteiger partial charge is 0.291 e. The molecule has 2 aliphatic heterocycles. The lowest BCUT2D eigenvalue weighted by molar-refractivity contribution is -0.115. The molecule has 2 N–H and O–H groups in total. The van der Waals surface area contributed by atoms with Crippen molar-refractivity contribution >= 4 is 35.2 Å². The van der Waals surface area contributed by atoms with Crippen molar-refractivity contribution < 1.29 is 14.3 Å². The third-order valence-corrected chi connectivity index (χ3v) is 6.03. The summed E-state index contributed by atoms with van der Waals surface area (Å²) in [4.78, 5) is 27.5. The van der Waals surface area contributed by atoms with Gasteiger partial charge in [-0.25, -0.2) is 0 Å². The molecule has 2 aromatic rings. The van der Waals surface area contributed by atoms with Crippen LogP contribution in [0.1, 0.15) is 42.1 Å². The van der Waals surface area contributed by atoms with Crippen LogP contribution >= 0.6 is 11.6 Å². The third-order valence-electron chi connectivity index (χ3n) is 5.78. The van der Waals surface area contributed by atoms with E-state index in [1.165, 1.54) is 12.8 Å². The minimum Gasteiger partial charge on any atom is -0.449 e. The Bertz CT molecular complexity index is 1020. The average Bonchev–Trinajstić information content (AvgIpc) is 2.78. The van der Waals surface area contributed by atoms with Crippen molar-refractivity contribution in [2.75, 3.05) is 31.5 Å². The molecule has 1 fully saturated rings. The number of fused-ring (bicyclic) bond motifs is 1. The zero-order valence-electron chi connectivity index (χ0n) is 18.2. The molecule has 2 aliphatic rings. The van der Waals surface area contributed by atoms with Gasteiger partial charge < -0.3 is 20.3 Å². The highest BCUT2D eigenvalue weighted by Crippen LogP contribution is 2.32. The number of carbonyl (C=O) groups is 2. The minimum absolute atomic E-state index is 0.156. The van der Waals surface area contributed by atoms with E-state index < -0.39 is 0 Å². The van der Waals surface area contributed by atoms with Crippen LogP contribution < -0.4 is 15.4 Å². The van der Waals surface area contributed by atoms with Gasteiger partial charge in [-0.1, -0.05) is 30.7 Å². The first-order valence-corrected chi connectivity index (χ1v) is 11.5. The maximum Gasteiger partial charge on any atom is 0.291 e. The van der Waals surface area contributed by atoms with Gasteiger partial charge in [0.25, 0.3) is 11.8 Å². The monoisotopic (exact) mass is 453 g/mol. The number of halogens is 1. The van der Waals surface area contributed by atoms with Gasteiger partial charge in [0.2, 0.25) is 0 Å². The number of carbonyl (C=O) groups excluding carboxylic acids is 2. The molecule has 2 heterocycles. The summed E-state index contributed by atoms with van der Waals surface area (Å²) in [6.07, 6.45) is 5.14. The molecule has 0 radical (unpaired) electrons. The van der Waals surface area contributed by atoms with Crippen LogP contribution in [0.3, 0.4) is 0 Å². The molecule has 168 valence electrons. The fraction of sp³-hybridized carbons (Fsp3) is 0.360. The molecule has 7 heteroatoms. The Morgan fingerprint density at radius 3 is 2.88 bits per heavy atom. The largest absolute Gasteiger partial charge is 0.449 e. The number of likely N-dealkylation sites (tertiary alicyclic amines) is 1. The minimum atomic E-state index is -0.360. The molecular formula is C25H28ClN3O3. The summed E-state index contributed by atoms with van der Waals surface area (Å²) in [5, 5.41) is 6.40. The van der Waals surface area contributed by atoms with Crippen molar-refractivity contribution in [2.45, 2.75) is 26.2 Å². The number of nitrogens with one attached hydrogen (secondary N) is 2. The molecule has 32 heavy (non-hydrogen) atoms. The summed E-state index contributed by atoms with van der Waals surface area (Å²) >= 11 is 5.91. The normalized spacial score (nSPS) is 19.8. The van der Waals surface area contributed by atoms with Gasteiger partial charge in [0, 0.05) is 23.7 Å². The topological polar surface area (TPSA) is 70.7 Å². The van der Waals surface area contributed by atoms with E-state index in [4.69, 9.17) is 16.3 Å². The van der Waals surface area contributed by atoms with Crippen molar-refractivity contribution in [1.82, 2.24) is 10.2 Å². The number of piperidine rings is 1. The number of hydrogen-bond acceptors (Lipinski definition) is 4. The average molecular weight is 454 g/mol. The number of rotatable bonds is 6. The van der Waals surface area contributed by atoms with Crippen molar-refractivity contribution in [3.05, 3.63) is 64.4 Å². The predicted molar refractivity (Wildman–Crippen MR) is 127 cm³/mol. The number of ether oxygens (including phenoxy) is 1. The molecule has 0 saturated carbocycles. The summed E-state index contributed by atoms with van der Waals surface area (Å²) < 4.78 is 5.77. The van der Waals surface area contributed by atoms with E-state index in [1.54, 1.807) is 48.5 Å². The Labute approximate surface area is 193 Å². The molecule has 1 atom stereocenters. The van der Waals surface area contributed by atoms with Crippen molar-refractivity contribution in [1.29, 1.82) is 0 Å². The van der Waals surface area contributed by atoms with Crippen molar-refractivity contribution in [3.63, 3.8) is 0 Å². The van der Waals surface area contributed by atoms with Crippen molar-refractivity contribution in [3.8, 4) is 5.75 Å². The molecule has 2 aromatic carbocycles. The predicted octanol–water partition coefficient (Wildman–Crippen LogP) is 4.56. The summed E-state index contributed by atoms with van der Waals surface area (Å²) in [6.45, 7) is 6.21. The fourth-order valence-electron chi connectivity index (χ4n) is 4.11. The number of nitrogens with zero attached hydrogens (tertiary/aromatic N) is 1. The molecule has 6 nitrogen and oxygen atoms in total. The Balaban J connectivity index is 1.33. The van der Waals surface area contributed by atoms with Gasteiger partial charge in [-0.3, -0.25) is 9.59 Å². The molecule has 2 amide bonds. The zero-order valence-corrected chi connectivity index (χ0v) is 19.0. The Morgan fingerprint density at radius 1 is 1.28 bits per heavy atom. The second-order valence-corrected chi connectivity index (χ2v) is 8.92. The maximum atomic E-state index is 12.5. The van der Waals surface area contributed by atoms with E-state index in [-0.39, 0.29) is 17.6 Å². The van der Waals surface area contributed by atoms with Crippen molar-refractivity contribution in [2.24, 2.45) is 5.92 Å². The summed E-state index contributed by atoms with van der Waals surface area (Å²) in [7, 11) is 0. The highest BCUT2D eigenvalue weighted by atomic mass is 35.5.